The van der Waals surface area contributed by atoms with E-state index in [4.69, 9.17) is 4.74 Å². The van der Waals surface area contributed by atoms with Crippen molar-refractivity contribution in [2.45, 2.75) is 309 Å². The van der Waals surface area contributed by atoms with Crippen LogP contribution >= 0.6 is 0 Å². The SMILES string of the molecule is CCCCC/C=C\C/C=C\C/C=C\CCCCCCCCC(=O)OC(CCCCCCCCCCCCC)CC(=O)NC(CO)C(O)CCCCCCCCCCCCCCCC. The Balaban J connectivity index is 4.49. The monoisotopic (exact) mass is 886 g/mol. The second-order valence-corrected chi connectivity index (χ2v) is 19.0. The van der Waals surface area contributed by atoms with Crippen LogP contribution in [0.2, 0.25) is 0 Å². The van der Waals surface area contributed by atoms with Crippen molar-refractivity contribution in [3.63, 3.8) is 0 Å². The Bertz CT molecular complexity index is 1040. The van der Waals surface area contributed by atoms with Crippen LogP contribution in [0.1, 0.15) is 290 Å². The molecular formula is C57H107NO5. The second kappa shape index (κ2) is 51.1. The van der Waals surface area contributed by atoms with E-state index in [0.29, 0.717) is 19.3 Å². The largest absolute Gasteiger partial charge is 0.462 e. The van der Waals surface area contributed by atoms with Crippen LogP contribution in [0.15, 0.2) is 36.5 Å². The van der Waals surface area contributed by atoms with Crippen LogP contribution in [0.25, 0.3) is 0 Å². The lowest BCUT2D eigenvalue weighted by Crippen LogP contribution is -2.46. The van der Waals surface area contributed by atoms with Crippen molar-refractivity contribution < 1.29 is 24.5 Å². The summed E-state index contributed by atoms with van der Waals surface area (Å²) < 4.78 is 5.94. The fourth-order valence-electron chi connectivity index (χ4n) is 8.50. The maximum absolute atomic E-state index is 13.2. The predicted octanol–water partition coefficient (Wildman–Crippen LogP) is 16.8. The van der Waals surface area contributed by atoms with Crippen molar-refractivity contribution in [1.82, 2.24) is 5.32 Å². The van der Waals surface area contributed by atoms with Gasteiger partial charge < -0.3 is 20.3 Å². The number of amides is 1. The van der Waals surface area contributed by atoms with Crippen molar-refractivity contribution in [2.75, 3.05) is 6.61 Å². The van der Waals surface area contributed by atoms with Gasteiger partial charge in [0.15, 0.2) is 0 Å². The third kappa shape index (κ3) is 46.4. The zero-order chi connectivity index (χ0) is 45.9. The molecule has 3 unspecified atom stereocenters. The number of carbonyl (C=O) groups excluding carboxylic acids is 2. The summed E-state index contributed by atoms with van der Waals surface area (Å²) in [7, 11) is 0. The zero-order valence-electron chi connectivity index (χ0n) is 42.2. The van der Waals surface area contributed by atoms with E-state index < -0.39 is 18.2 Å². The van der Waals surface area contributed by atoms with Crippen molar-refractivity contribution in [1.29, 1.82) is 0 Å². The van der Waals surface area contributed by atoms with E-state index in [2.05, 4.69) is 62.5 Å². The molecule has 3 atom stereocenters. The van der Waals surface area contributed by atoms with Crippen molar-refractivity contribution in [3.05, 3.63) is 36.5 Å². The van der Waals surface area contributed by atoms with Gasteiger partial charge in [-0.15, -0.1) is 0 Å². The van der Waals surface area contributed by atoms with Crippen LogP contribution in [-0.4, -0.2) is 46.9 Å². The smallest absolute Gasteiger partial charge is 0.306 e. The first-order valence-electron chi connectivity index (χ1n) is 27.7. The maximum atomic E-state index is 13.2. The molecule has 0 aliphatic heterocycles. The fourth-order valence-corrected chi connectivity index (χ4v) is 8.50. The second-order valence-electron chi connectivity index (χ2n) is 19.0. The Morgan fingerprint density at radius 3 is 1.25 bits per heavy atom. The standard InChI is InChI=1S/C57H107NO5/c1-4-7-10-13-16-19-22-24-26-27-28-29-30-32-35-38-41-44-47-50-57(62)63-53(48-45-42-39-36-33-21-18-15-12-9-6-3)51-56(61)58-54(52-59)55(60)49-46-43-40-37-34-31-25-23-20-17-14-11-8-5-2/h16,19,24,26,28-29,53-55,59-60H,4-15,17-18,20-23,25,27,30-52H2,1-3H3,(H,58,61)/b19-16-,26-24-,29-28-. The number of aliphatic hydroxyl groups excluding tert-OH is 2. The predicted molar refractivity (Wildman–Crippen MR) is 273 cm³/mol. The fraction of sp³-hybridized carbons (Fsp3) is 0.860. The van der Waals surface area contributed by atoms with E-state index in [0.717, 1.165) is 64.2 Å². The summed E-state index contributed by atoms with van der Waals surface area (Å²) in [6, 6.07) is -0.701. The van der Waals surface area contributed by atoms with E-state index in [9.17, 15) is 19.8 Å². The van der Waals surface area contributed by atoms with Gasteiger partial charge in [0.1, 0.15) is 6.10 Å². The minimum atomic E-state index is -0.787. The van der Waals surface area contributed by atoms with Gasteiger partial charge in [-0.1, -0.05) is 250 Å². The van der Waals surface area contributed by atoms with E-state index in [-0.39, 0.29) is 24.9 Å². The number of nitrogens with one attached hydrogen (secondary N) is 1. The topological polar surface area (TPSA) is 95.9 Å². The highest BCUT2D eigenvalue weighted by Gasteiger charge is 2.24. The van der Waals surface area contributed by atoms with Gasteiger partial charge in [-0.25, -0.2) is 0 Å². The van der Waals surface area contributed by atoms with Crippen LogP contribution in [-0.2, 0) is 14.3 Å². The molecule has 0 aromatic rings. The van der Waals surface area contributed by atoms with Gasteiger partial charge in [0.25, 0.3) is 0 Å². The first-order chi connectivity index (χ1) is 31.0. The summed E-state index contributed by atoms with van der Waals surface area (Å²) in [6.07, 6.45) is 60.6. The molecular weight excluding hydrogens is 779 g/mol. The third-order valence-electron chi connectivity index (χ3n) is 12.7. The summed E-state index contributed by atoms with van der Waals surface area (Å²) in [4.78, 5) is 26.2. The molecule has 0 aromatic carbocycles. The average molecular weight is 886 g/mol. The molecule has 0 aliphatic rings. The van der Waals surface area contributed by atoms with E-state index in [1.54, 1.807) is 0 Å². The molecule has 0 radical (unpaired) electrons. The zero-order valence-corrected chi connectivity index (χ0v) is 42.2. The number of carbonyl (C=O) groups is 2. The van der Waals surface area contributed by atoms with Gasteiger partial charge in [-0.05, 0) is 64.2 Å². The molecule has 6 nitrogen and oxygen atoms in total. The average Bonchev–Trinajstić information content (AvgIpc) is 3.28. The van der Waals surface area contributed by atoms with Crippen molar-refractivity contribution in [3.8, 4) is 0 Å². The first-order valence-corrected chi connectivity index (χ1v) is 27.7. The summed E-state index contributed by atoms with van der Waals surface area (Å²) in [5.74, 6) is -0.475. The molecule has 63 heavy (non-hydrogen) atoms. The Morgan fingerprint density at radius 1 is 0.460 bits per heavy atom. The van der Waals surface area contributed by atoms with Crippen LogP contribution in [0.4, 0.5) is 0 Å². The summed E-state index contributed by atoms with van der Waals surface area (Å²) in [5, 5.41) is 23.8. The lowest BCUT2D eigenvalue weighted by atomic mass is 10.0. The minimum absolute atomic E-state index is 0.0762. The summed E-state index contributed by atoms with van der Waals surface area (Å²) in [6.45, 7) is 6.47. The lowest BCUT2D eigenvalue weighted by molar-refractivity contribution is -0.151. The number of esters is 1. The van der Waals surface area contributed by atoms with E-state index >= 15 is 0 Å². The molecule has 0 aromatic heterocycles. The highest BCUT2D eigenvalue weighted by molar-refractivity contribution is 5.77. The molecule has 1 amide bonds. The summed E-state index contributed by atoms with van der Waals surface area (Å²) >= 11 is 0. The molecule has 0 fully saturated rings. The van der Waals surface area contributed by atoms with E-state index in [1.807, 2.05) is 0 Å². The highest BCUT2D eigenvalue weighted by Crippen LogP contribution is 2.18. The molecule has 0 aliphatic carbocycles. The van der Waals surface area contributed by atoms with Crippen LogP contribution in [0.3, 0.4) is 0 Å². The van der Waals surface area contributed by atoms with Crippen LogP contribution in [0.5, 0.6) is 0 Å². The lowest BCUT2D eigenvalue weighted by Gasteiger charge is -2.24. The quantitative estimate of drug-likeness (QED) is 0.0321. The molecule has 370 valence electrons. The van der Waals surface area contributed by atoms with Gasteiger partial charge >= 0.3 is 5.97 Å². The molecule has 0 rings (SSSR count). The molecule has 0 bridgehead atoms. The Morgan fingerprint density at radius 2 is 0.810 bits per heavy atom. The number of ether oxygens (including phenoxy) is 1. The van der Waals surface area contributed by atoms with Gasteiger partial charge in [0.05, 0.1) is 25.2 Å². The molecule has 0 saturated heterocycles. The molecule has 0 heterocycles. The first kappa shape index (κ1) is 61.1. The third-order valence-corrected chi connectivity index (χ3v) is 12.7. The number of rotatable bonds is 50. The van der Waals surface area contributed by atoms with Gasteiger partial charge in [0, 0.05) is 6.42 Å². The van der Waals surface area contributed by atoms with Crippen LogP contribution in [0, 0.1) is 0 Å². The van der Waals surface area contributed by atoms with Gasteiger partial charge in [-0.3, -0.25) is 9.59 Å². The number of unbranched alkanes of at least 4 members (excludes halogenated alkanes) is 32. The Hall–Kier alpha value is -1.92. The number of hydrogen-bond acceptors (Lipinski definition) is 5. The van der Waals surface area contributed by atoms with Crippen molar-refractivity contribution >= 4 is 11.9 Å². The maximum Gasteiger partial charge on any atom is 0.306 e. The molecule has 0 saturated carbocycles. The summed E-state index contributed by atoms with van der Waals surface area (Å²) in [5.41, 5.74) is 0. The Kier molecular flexibility index (Phi) is 49.5. The number of aliphatic hydroxyl groups is 2. The van der Waals surface area contributed by atoms with Crippen molar-refractivity contribution in [2.24, 2.45) is 0 Å². The molecule has 0 spiro atoms. The number of allylic oxidation sites excluding steroid dienone is 6. The normalized spacial score (nSPS) is 13.4. The highest BCUT2D eigenvalue weighted by atomic mass is 16.5. The van der Waals surface area contributed by atoms with Crippen LogP contribution < -0.4 is 5.32 Å². The number of hydrogen-bond donors (Lipinski definition) is 3. The molecule has 3 N–H and O–H groups in total. The van der Waals surface area contributed by atoms with Gasteiger partial charge in [-0.2, -0.15) is 0 Å². The van der Waals surface area contributed by atoms with Gasteiger partial charge in [0.2, 0.25) is 5.91 Å². The minimum Gasteiger partial charge on any atom is -0.462 e. The molecule has 6 heteroatoms. The van der Waals surface area contributed by atoms with E-state index in [1.165, 1.54) is 180 Å². The Labute approximate surface area is 392 Å².